The standard InChI is InChI=1S/C27H41NO10/c1-7-17(4)15-34-26(32)37-22-11-10-20(13-23(22)38-27(33)35-16-18(5)8-2)12-21(25(30)31)28-14-19(6)36-24(29)9-3/h10-11,13,17-19,21,28H,7-9,12,14-16H2,1-6H3,(H,30,31)/t17?,18?,19?,21-/m0/s1. The lowest BCUT2D eigenvalue weighted by Crippen LogP contribution is -2.42. The molecule has 38 heavy (non-hydrogen) atoms. The lowest BCUT2D eigenvalue weighted by Gasteiger charge is -2.19. The van der Waals surface area contributed by atoms with Crippen molar-refractivity contribution in [3.63, 3.8) is 0 Å². The van der Waals surface area contributed by atoms with Crippen LogP contribution in [0, 0.1) is 11.8 Å². The Kier molecular flexibility index (Phi) is 14.8. The first-order valence-electron chi connectivity index (χ1n) is 13.0. The number of esters is 1. The normalized spacial score (nSPS) is 13.9. The smallest absolute Gasteiger partial charge is 0.480 e. The first-order valence-corrected chi connectivity index (χ1v) is 13.0. The molecule has 11 nitrogen and oxygen atoms in total. The highest BCUT2D eigenvalue weighted by atomic mass is 16.7. The van der Waals surface area contributed by atoms with Crippen molar-refractivity contribution in [2.24, 2.45) is 11.8 Å². The molecule has 0 heterocycles. The van der Waals surface area contributed by atoms with Crippen molar-refractivity contribution in [1.29, 1.82) is 0 Å². The van der Waals surface area contributed by atoms with Gasteiger partial charge in [-0.05, 0) is 42.9 Å². The number of rotatable bonds is 16. The Hall–Kier alpha value is -3.34. The quantitative estimate of drug-likeness (QED) is 0.171. The second kappa shape index (κ2) is 17.2. The van der Waals surface area contributed by atoms with Crippen molar-refractivity contribution < 1.29 is 48.0 Å². The summed E-state index contributed by atoms with van der Waals surface area (Å²) in [7, 11) is 0. The van der Waals surface area contributed by atoms with Crippen LogP contribution in [0.25, 0.3) is 0 Å². The van der Waals surface area contributed by atoms with Crippen molar-refractivity contribution in [3.05, 3.63) is 23.8 Å². The molecule has 0 aliphatic carbocycles. The molecule has 0 aliphatic heterocycles. The fraction of sp³-hybridized carbons (Fsp3) is 0.630. The molecule has 11 heteroatoms. The van der Waals surface area contributed by atoms with Gasteiger partial charge in [-0.15, -0.1) is 0 Å². The molecule has 1 aromatic rings. The predicted octanol–water partition coefficient (Wildman–Crippen LogP) is 4.74. The Morgan fingerprint density at radius 3 is 1.92 bits per heavy atom. The van der Waals surface area contributed by atoms with E-state index in [-0.39, 0.29) is 61.9 Å². The van der Waals surface area contributed by atoms with Gasteiger partial charge in [-0.1, -0.05) is 53.5 Å². The summed E-state index contributed by atoms with van der Waals surface area (Å²) in [5.41, 5.74) is 0.480. The van der Waals surface area contributed by atoms with Gasteiger partial charge < -0.3 is 34.1 Å². The molecule has 1 aromatic carbocycles. The minimum Gasteiger partial charge on any atom is -0.480 e. The monoisotopic (exact) mass is 539 g/mol. The van der Waals surface area contributed by atoms with E-state index in [1.54, 1.807) is 19.9 Å². The number of aliphatic carboxylic acids is 1. The highest BCUT2D eigenvalue weighted by molar-refractivity contribution is 5.74. The summed E-state index contributed by atoms with van der Waals surface area (Å²) < 4.78 is 26.0. The molecule has 0 amide bonds. The molecular weight excluding hydrogens is 498 g/mol. The van der Waals surface area contributed by atoms with Gasteiger partial charge in [0.2, 0.25) is 0 Å². The van der Waals surface area contributed by atoms with E-state index < -0.39 is 30.4 Å². The summed E-state index contributed by atoms with van der Waals surface area (Å²) in [5.74, 6) is -1.43. The summed E-state index contributed by atoms with van der Waals surface area (Å²) in [6.07, 6.45) is -0.636. The SMILES string of the molecule is CCC(=O)OC(C)CN[C@@H](Cc1ccc(OC(=O)OCC(C)CC)c(OC(=O)OCC(C)CC)c1)C(=O)O. The number of carbonyl (C=O) groups excluding carboxylic acids is 3. The van der Waals surface area contributed by atoms with E-state index in [1.807, 2.05) is 27.7 Å². The molecule has 0 saturated heterocycles. The van der Waals surface area contributed by atoms with Crippen LogP contribution in [0.15, 0.2) is 18.2 Å². The lowest BCUT2D eigenvalue weighted by molar-refractivity contribution is -0.147. The Morgan fingerprint density at radius 2 is 1.42 bits per heavy atom. The van der Waals surface area contributed by atoms with Gasteiger partial charge in [0.15, 0.2) is 11.5 Å². The zero-order valence-electron chi connectivity index (χ0n) is 23.1. The van der Waals surface area contributed by atoms with Gasteiger partial charge in [0.05, 0.1) is 13.2 Å². The van der Waals surface area contributed by atoms with E-state index in [9.17, 15) is 24.3 Å². The Labute approximate surface area is 224 Å². The molecule has 0 radical (unpaired) electrons. The van der Waals surface area contributed by atoms with Gasteiger partial charge in [0, 0.05) is 13.0 Å². The Morgan fingerprint density at radius 1 is 0.868 bits per heavy atom. The van der Waals surface area contributed by atoms with E-state index in [4.69, 9.17) is 23.7 Å². The highest BCUT2D eigenvalue weighted by Crippen LogP contribution is 2.30. The van der Waals surface area contributed by atoms with E-state index in [1.165, 1.54) is 12.1 Å². The average Bonchev–Trinajstić information content (AvgIpc) is 2.89. The number of hydrogen-bond donors (Lipinski definition) is 2. The third kappa shape index (κ3) is 12.8. The summed E-state index contributed by atoms with van der Waals surface area (Å²) in [6.45, 7) is 11.5. The van der Waals surface area contributed by atoms with Crippen molar-refractivity contribution in [2.75, 3.05) is 19.8 Å². The minimum atomic E-state index is -1.12. The van der Waals surface area contributed by atoms with Crippen LogP contribution in [0.4, 0.5) is 9.59 Å². The Balaban J connectivity index is 3.03. The van der Waals surface area contributed by atoms with Gasteiger partial charge in [-0.2, -0.15) is 0 Å². The summed E-state index contributed by atoms with van der Waals surface area (Å²) >= 11 is 0. The van der Waals surface area contributed by atoms with Crippen molar-refractivity contribution in [2.45, 2.75) is 79.4 Å². The highest BCUT2D eigenvalue weighted by Gasteiger charge is 2.22. The Bertz CT molecular complexity index is 919. The maximum atomic E-state index is 12.3. The van der Waals surface area contributed by atoms with Crippen molar-refractivity contribution >= 4 is 24.2 Å². The van der Waals surface area contributed by atoms with Crippen LogP contribution < -0.4 is 14.8 Å². The fourth-order valence-electron chi connectivity index (χ4n) is 2.88. The van der Waals surface area contributed by atoms with E-state index in [0.717, 1.165) is 12.8 Å². The van der Waals surface area contributed by atoms with Gasteiger partial charge in [-0.25, -0.2) is 9.59 Å². The molecule has 0 saturated carbocycles. The molecule has 214 valence electrons. The number of benzene rings is 1. The summed E-state index contributed by atoms with van der Waals surface area (Å²) in [4.78, 5) is 47.8. The van der Waals surface area contributed by atoms with Crippen LogP contribution in [0.2, 0.25) is 0 Å². The maximum Gasteiger partial charge on any atom is 0.513 e. The molecule has 0 aromatic heterocycles. The molecule has 0 aliphatic rings. The summed E-state index contributed by atoms with van der Waals surface area (Å²) in [5, 5.41) is 12.5. The largest absolute Gasteiger partial charge is 0.513 e. The number of nitrogens with one attached hydrogen (secondary N) is 1. The van der Waals surface area contributed by atoms with E-state index in [2.05, 4.69) is 5.32 Å². The van der Waals surface area contributed by atoms with Gasteiger partial charge in [0.1, 0.15) is 12.1 Å². The number of carboxylic acids is 1. The molecule has 3 unspecified atom stereocenters. The molecule has 1 rings (SSSR count). The van der Waals surface area contributed by atoms with E-state index in [0.29, 0.717) is 5.56 Å². The molecule has 2 N–H and O–H groups in total. The molecule has 0 fully saturated rings. The minimum absolute atomic E-state index is 0.000789. The van der Waals surface area contributed by atoms with Crippen LogP contribution in [-0.4, -0.2) is 61.3 Å². The molecule has 4 atom stereocenters. The number of carboxylic acid groups (broad SMARTS) is 1. The molecule has 0 bridgehead atoms. The van der Waals surface area contributed by atoms with Crippen molar-refractivity contribution in [3.8, 4) is 11.5 Å². The lowest BCUT2D eigenvalue weighted by atomic mass is 10.0. The number of hydrogen-bond acceptors (Lipinski definition) is 10. The second-order valence-electron chi connectivity index (χ2n) is 9.29. The van der Waals surface area contributed by atoms with Gasteiger partial charge in [0.25, 0.3) is 0 Å². The molecule has 0 spiro atoms. The van der Waals surface area contributed by atoms with Crippen LogP contribution in [0.3, 0.4) is 0 Å². The van der Waals surface area contributed by atoms with E-state index >= 15 is 0 Å². The second-order valence-corrected chi connectivity index (χ2v) is 9.29. The predicted molar refractivity (Wildman–Crippen MR) is 138 cm³/mol. The zero-order chi connectivity index (χ0) is 28.7. The van der Waals surface area contributed by atoms with Crippen LogP contribution >= 0.6 is 0 Å². The maximum absolute atomic E-state index is 12.3. The summed E-state index contributed by atoms with van der Waals surface area (Å²) in [6, 6.07) is 3.31. The fourth-order valence-corrected chi connectivity index (χ4v) is 2.88. The average molecular weight is 540 g/mol. The zero-order valence-corrected chi connectivity index (χ0v) is 23.1. The van der Waals surface area contributed by atoms with Gasteiger partial charge >= 0.3 is 24.2 Å². The van der Waals surface area contributed by atoms with Gasteiger partial charge in [-0.3, -0.25) is 9.59 Å². The molecular formula is C27H41NO10. The third-order valence-corrected chi connectivity index (χ3v) is 5.77. The first-order chi connectivity index (χ1) is 18.0. The topological polar surface area (TPSA) is 147 Å². The number of ether oxygens (including phenoxy) is 5. The third-order valence-electron chi connectivity index (χ3n) is 5.77. The van der Waals surface area contributed by atoms with Crippen LogP contribution in [0.5, 0.6) is 11.5 Å². The van der Waals surface area contributed by atoms with Crippen LogP contribution in [-0.2, 0) is 30.2 Å². The number of carbonyl (C=O) groups is 4. The first kappa shape index (κ1) is 32.7. The van der Waals surface area contributed by atoms with Crippen LogP contribution in [0.1, 0.15) is 66.4 Å². The van der Waals surface area contributed by atoms with Crippen molar-refractivity contribution in [1.82, 2.24) is 5.32 Å².